The Kier molecular flexibility index (Phi) is 4.33. The molecule has 2 N–H and O–H groups in total. The monoisotopic (exact) mass is 322 g/mol. The van der Waals surface area contributed by atoms with Crippen LogP contribution in [-0.4, -0.2) is 18.9 Å². The molecule has 5 heteroatoms. The van der Waals surface area contributed by atoms with Crippen LogP contribution in [0.25, 0.3) is 5.70 Å². The van der Waals surface area contributed by atoms with Gasteiger partial charge in [0.2, 0.25) is 0 Å². The lowest BCUT2D eigenvalue weighted by Gasteiger charge is -2.29. The molecule has 1 aliphatic rings. The molecular formula is C19H18N2O3. The lowest BCUT2D eigenvalue weighted by molar-refractivity contribution is -0.113. The molecule has 0 bridgehead atoms. The van der Waals surface area contributed by atoms with Gasteiger partial charge in [0.1, 0.15) is 5.75 Å². The van der Waals surface area contributed by atoms with E-state index in [9.17, 15) is 9.59 Å². The van der Waals surface area contributed by atoms with Crippen LogP contribution in [0.3, 0.4) is 0 Å². The summed E-state index contributed by atoms with van der Waals surface area (Å²) in [5, 5.41) is 5.60. The molecule has 0 saturated carbocycles. The number of hydrogen-bond acceptors (Lipinski definition) is 3. The van der Waals surface area contributed by atoms with Crippen LogP contribution in [0.1, 0.15) is 24.1 Å². The minimum absolute atomic E-state index is 0.0952. The van der Waals surface area contributed by atoms with Gasteiger partial charge in [-0.3, -0.25) is 4.79 Å². The Hall–Kier alpha value is -3.08. The van der Waals surface area contributed by atoms with Gasteiger partial charge in [0.15, 0.2) is 5.78 Å². The summed E-state index contributed by atoms with van der Waals surface area (Å²) in [6.45, 7) is 1.51. The number of rotatable bonds is 4. The van der Waals surface area contributed by atoms with E-state index in [2.05, 4.69) is 10.6 Å². The molecule has 5 nitrogen and oxygen atoms in total. The zero-order valence-electron chi connectivity index (χ0n) is 13.5. The van der Waals surface area contributed by atoms with Crippen LogP contribution >= 0.6 is 0 Å². The van der Waals surface area contributed by atoms with Crippen molar-refractivity contribution in [1.29, 1.82) is 0 Å². The van der Waals surface area contributed by atoms with Crippen LogP contribution in [0.15, 0.2) is 60.2 Å². The van der Waals surface area contributed by atoms with Gasteiger partial charge in [-0.05, 0) is 30.2 Å². The number of Topliss-reactive ketones (excluding diaryl/α,β-unsaturated/α-hetero) is 1. The first-order chi connectivity index (χ1) is 11.6. The van der Waals surface area contributed by atoms with E-state index in [0.29, 0.717) is 11.3 Å². The van der Waals surface area contributed by atoms with Crippen molar-refractivity contribution in [3.8, 4) is 5.75 Å². The van der Waals surface area contributed by atoms with Crippen molar-refractivity contribution in [3.05, 3.63) is 71.3 Å². The molecule has 1 atom stereocenters. The Labute approximate surface area is 140 Å². The fourth-order valence-electron chi connectivity index (χ4n) is 2.82. The molecule has 24 heavy (non-hydrogen) atoms. The summed E-state index contributed by atoms with van der Waals surface area (Å²) < 4.78 is 5.16. The van der Waals surface area contributed by atoms with Crippen molar-refractivity contribution in [3.63, 3.8) is 0 Å². The number of ether oxygens (including phenoxy) is 1. The number of hydrogen-bond donors (Lipinski definition) is 2. The first kappa shape index (κ1) is 15.8. The predicted molar refractivity (Wildman–Crippen MR) is 91.4 cm³/mol. The second kappa shape index (κ2) is 6.58. The van der Waals surface area contributed by atoms with Crippen LogP contribution < -0.4 is 15.4 Å². The van der Waals surface area contributed by atoms with E-state index >= 15 is 0 Å². The largest absolute Gasteiger partial charge is 0.497 e. The summed E-state index contributed by atoms with van der Waals surface area (Å²) in [6, 6.07) is 15.9. The summed E-state index contributed by atoms with van der Waals surface area (Å²) in [6.07, 6.45) is 0. The topological polar surface area (TPSA) is 67.4 Å². The number of amides is 2. The van der Waals surface area contributed by atoms with Gasteiger partial charge in [0.25, 0.3) is 0 Å². The molecule has 2 amide bonds. The Bertz CT molecular complexity index is 795. The third kappa shape index (κ3) is 3.01. The van der Waals surface area contributed by atoms with Gasteiger partial charge in [-0.15, -0.1) is 0 Å². The fraction of sp³-hybridized carbons (Fsp3) is 0.158. The second-order valence-electron chi connectivity index (χ2n) is 5.52. The third-order valence-electron chi connectivity index (χ3n) is 3.96. The molecule has 1 heterocycles. The maximum atomic E-state index is 12.3. The molecule has 0 spiro atoms. The van der Waals surface area contributed by atoms with E-state index in [-0.39, 0.29) is 11.8 Å². The normalized spacial score (nSPS) is 17.1. The molecule has 2 aromatic rings. The molecular weight excluding hydrogens is 304 g/mol. The summed E-state index contributed by atoms with van der Waals surface area (Å²) in [5.41, 5.74) is 2.71. The molecule has 0 radical (unpaired) electrons. The highest BCUT2D eigenvalue weighted by atomic mass is 16.5. The summed E-state index contributed by atoms with van der Waals surface area (Å²) >= 11 is 0. The maximum Gasteiger partial charge on any atom is 0.320 e. The Morgan fingerprint density at radius 2 is 1.71 bits per heavy atom. The van der Waals surface area contributed by atoms with Crippen molar-refractivity contribution in [2.45, 2.75) is 13.0 Å². The Balaban J connectivity index is 2.12. The van der Waals surface area contributed by atoms with Crippen LogP contribution in [0.5, 0.6) is 5.75 Å². The van der Waals surface area contributed by atoms with Gasteiger partial charge < -0.3 is 15.4 Å². The number of ketones is 1. The van der Waals surface area contributed by atoms with Gasteiger partial charge in [-0.2, -0.15) is 0 Å². The van der Waals surface area contributed by atoms with Crippen molar-refractivity contribution in [2.24, 2.45) is 0 Å². The molecule has 0 aliphatic carbocycles. The van der Waals surface area contributed by atoms with Crippen LogP contribution in [-0.2, 0) is 4.79 Å². The van der Waals surface area contributed by atoms with E-state index in [1.807, 2.05) is 54.6 Å². The molecule has 2 aromatic carbocycles. The third-order valence-corrected chi connectivity index (χ3v) is 3.96. The van der Waals surface area contributed by atoms with E-state index in [0.717, 1.165) is 16.9 Å². The highest BCUT2D eigenvalue weighted by molar-refractivity contribution is 6.06. The summed E-state index contributed by atoms with van der Waals surface area (Å²) in [7, 11) is 1.59. The highest BCUT2D eigenvalue weighted by Crippen LogP contribution is 2.32. The average molecular weight is 322 g/mol. The van der Waals surface area contributed by atoms with Crippen molar-refractivity contribution < 1.29 is 14.3 Å². The zero-order valence-corrected chi connectivity index (χ0v) is 13.5. The molecule has 122 valence electrons. The number of carbonyl (C=O) groups excluding carboxylic acids is 2. The van der Waals surface area contributed by atoms with Gasteiger partial charge in [0, 0.05) is 5.57 Å². The maximum absolute atomic E-state index is 12.3. The van der Waals surface area contributed by atoms with E-state index in [1.54, 1.807) is 7.11 Å². The quantitative estimate of drug-likeness (QED) is 0.909. The smallest absolute Gasteiger partial charge is 0.320 e. The average Bonchev–Trinajstić information content (AvgIpc) is 2.61. The molecule has 3 rings (SSSR count). The van der Waals surface area contributed by atoms with Crippen LogP contribution in [0.4, 0.5) is 4.79 Å². The standard InChI is InChI=1S/C19H18N2O3/c1-12(22)16-17(13-6-4-3-5-7-13)20-19(23)21-18(16)14-8-10-15(24-2)11-9-14/h3-11,18H,1-2H3,(H2,20,21,23). The minimum atomic E-state index is -0.502. The molecule has 0 saturated heterocycles. The summed E-state index contributed by atoms with van der Waals surface area (Å²) in [5.74, 6) is 0.623. The van der Waals surface area contributed by atoms with Crippen LogP contribution in [0, 0.1) is 0 Å². The van der Waals surface area contributed by atoms with E-state index in [4.69, 9.17) is 4.74 Å². The molecule has 1 unspecified atom stereocenters. The van der Waals surface area contributed by atoms with Gasteiger partial charge in [0.05, 0.1) is 18.8 Å². The first-order valence-corrected chi connectivity index (χ1v) is 7.62. The first-order valence-electron chi connectivity index (χ1n) is 7.62. The minimum Gasteiger partial charge on any atom is -0.497 e. The van der Waals surface area contributed by atoms with Crippen molar-refractivity contribution >= 4 is 17.5 Å². The van der Waals surface area contributed by atoms with Gasteiger partial charge >= 0.3 is 6.03 Å². The highest BCUT2D eigenvalue weighted by Gasteiger charge is 2.31. The molecule has 0 fully saturated rings. The zero-order chi connectivity index (χ0) is 17.1. The number of nitrogens with one attached hydrogen (secondary N) is 2. The van der Waals surface area contributed by atoms with Crippen molar-refractivity contribution in [1.82, 2.24) is 10.6 Å². The second-order valence-corrected chi connectivity index (χ2v) is 5.52. The lowest BCUT2D eigenvalue weighted by Crippen LogP contribution is -2.44. The van der Waals surface area contributed by atoms with Gasteiger partial charge in [-0.1, -0.05) is 42.5 Å². The number of benzene rings is 2. The molecule has 1 aliphatic heterocycles. The molecule has 0 aromatic heterocycles. The van der Waals surface area contributed by atoms with E-state index < -0.39 is 6.04 Å². The predicted octanol–water partition coefficient (Wildman–Crippen LogP) is 3.05. The van der Waals surface area contributed by atoms with Crippen LogP contribution in [0.2, 0.25) is 0 Å². The SMILES string of the molecule is COc1ccc(C2NC(=O)NC(c3ccccc3)=C2C(C)=O)cc1. The lowest BCUT2D eigenvalue weighted by atomic mass is 9.90. The Morgan fingerprint density at radius 1 is 1.04 bits per heavy atom. The number of urea groups is 1. The number of carbonyl (C=O) groups is 2. The fourth-order valence-corrected chi connectivity index (χ4v) is 2.82. The van der Waals surface area contributed by atoms with Crippen molar-refractivity contribution in [2.75, 3.05) is 7.11 Å². The number of methoxy groups -OCH3 is 1. The van der Waals surface area contributed by atoms with E-state index in [1.165, 1.54) is 6.92 Å². The summed E-state index contributed by atoms with van der Waals surface area (Å²) in [4.78, 5) is 24.5. The van der Waals surface area contributed by atoms with Gasteiger partial charge in [-0.25, -0.2) is 4.79 Å². The Morgan fingerprint density at radius 3 is 2.29 bits per heavy atom.